The molecule has 0 radical (unpaired) electrons. The highest BCUT2D eigenvalue weighted by Gasteiger charge is 2.14. The van der Waals surface area contributed by atoms with Gasteiger partial charge in [0, 0.05) is 36.6 Å². The zero-order chi connectivity index (χ0) is 18.7. The first kappa shape index (κ1) is 18.0. The molecule has 0 saturated heterocycles. The maximum atomic E-state index is 12.5. The van der Waals surface area contributed by atoms with Gasteiger partial charge < -0.3 is 9.88 Å². The Bertz CT molecular complexity index is 915. The summed E-state index contributed by atoms with van der Waals surface area (Å²) in [4.78, 5) is 25.8. The van der Waals surface area contributed by atoms with Gasteiger partial charge in [0.1, 0.15) is 5.52 Å². The average Bonchev–Trinajstić information content (AvgIpc) is 2.96. The van der Waals surface area contributed by atoms with Crippen molar-refractivity contribution >= 4 is 17.1 Å². The number of fused-ring (bicyclic) bond motifs is 1. The van der Waals surface area contributed by atoms with Crippen LogP contribution in [0.15, 0.2) is 36.8 Å². The van der Waals surface area contributed by atoms with Crippen molar-refractivity contribution in [2.75, 3.05) is 0 Å². The SMILES string of the molecule is Cc1cccc(CC(C)NC(=O)c2cnc3c(c2)ncn3CC(C)C)n1. The van der Waals surface area contributed by atoms with Crippen molar-refractivity contribution in [2.45, 2.75) is 46.7 Å². The number of carbonyl (C=O) groups excluding carboxylic acids is 1. The number of hydrogen-bond acceptors (Lipinski definition) is 4. The van der Waals surface area contributed by atoms with E-state index in [9.17, 15) is 4.79 Å². The molecule has 0 aliphatic carbocycles. The quantitative estimate of drug-likeness (QED) is 0.740. The van der Waals surface area contributed by atoms with Crippen molar-refractivity contribution in [1.82, 2.24) is 24.8 Å². The molecule has 0 aromatic carbocycles. The molecule has 3 rings (SSSR count). The lowest BCUT2D eigenvalue weighted by molar-refractivity contribution is 0.0939. The van der Waals surface area contributed by atoms with Gasteiger partial charge in [-0.25, -0.2) is 9.97 Å². The number of aromatic nitrogens is 4. The fourth-order valence-electron chi connectivity index (χ4n) is 2.99. The predicted octanol–water partition coefficient (Wildman–Crippen LogP) is 3.15. The molecule has 0 bridgehead atoms. The van der Waals surface area contributed by atoms with Crippen LogP contribution in [0.25, 0.3) is 11.2 Å². The van der Waals surface area contributed by atoms with E-state index in [4.69, 9.17) is 0 Å². The van der Waals surface area contributed by atoms with Crippen LogP contribution < -0.4 is 5.32 Å². The van der Waals surface area contributed by atoms with Crippen molar-refractivity contribution < 1.29 is 4.79 Å². The largest absolute Gasteiger partial charge is 0.349 e. The van der Waals surface area contributed by atoms with Crippen LogP contribution in [-0.4, -0.2) is 31.5 Å². The second kappa shape index (κ2) is 7.64. The topological polar surface area (TPSA) is 72.7 Å². The standard InChI is InChI=1S/C20H25N5O/c1-13(2)11-25-12-22-18-9-16(10-21-19(18)25)20(26)24-15(4)8-17-7-5-6-14(3)23-17/h5-7,9-10,12-13,15H,8,11H2,1-4H3,(H,24,26). The monoisotopic (exact) mass is 351 g/mol. The van der Waals surface area contributed by atoms with Gasteiger partial charge in [0.15, 0.2) is 5.65 Å². The first-order valence-corrected chi connectivity index (χ1v) is 8.96. The molecule has 1 N–H and O–H groups in total. The van der Waals surface area contributed by atoms with Crippen molar-refractivity contribution in [1.29, 1.82) is 0 Å². The summed E-state index contributed by atoms with van der Waals surface area (Å²) in [6.07, 6.45) is 4.09. The molecule has 136 valence electrons. The Balaban J connectivity index is 1.69. The lowest BCUT2D eigenvalue weighted by Gasteiger charge is -2.14. The van der Waals surface area contributed by atoms with Crippen LogP contribution in [-0.2, 0) is 13.0 Å². The molecule has 0 fully saturated rings. The van der Waals surface area contributed by atoms with Crippen molar-refractivity contribution in [3.63, 3.8) is 0 Å². The zero-order valence-electron chi connectivity index (χ0n) is 15.7. The molecule has 0 spiro atoms. The number of rotatable bonds is 6. The molecule has 6 nitrogen and oxygen atoms in total. The normalized spacial score (nSPS) is 12.5. The van der Waals surface area contributed by atoms with Gasteiger partial charge in [-0.3, -0.25) is 9.78 Å². The predicted molar refractivity (Wildman–Crippen MR) is 102 cm³/mol. The third-order valence-electron chi connectivity index (χ3n) is 4.12. The van der Waals surface area contributed by atoms with Crippen molar-refractivity contribution in [2.24, 2.45) is 5.92 Å². The Kier molecular flexibility index (Phi) is 5.30. The number of hydrogen-bond donors (Lipinski definition) is 1. The first-order valence-electron chi connectivity index (χ1n) is 8.96. The number of imidazole rings is 1. The third-order valence-corrected chi connectivity index (χ3v) is 4.12. The molecule has 3 aromatic rings. The molecule has 3 aromatic heterocycles. The first-order chi connectivity index (χ1) is 12.4. The average molecular weight is 351 g/mol. The van der Waals surface area contributed by atoms with Gasteiger partial charge in [0.2, 0.25) is 0 Å². The van der Waals surface area contributed by atoms with Crippen LogP contribution >= 0.6 is 0 Å². The number of aryl methyl sites for hydroxylation is 1. The Morgan fingerprint density at radius 1 is 1.23 bits per heavy atom. The highest BCUT2D eigenvalue weighted by atomic mass is 16.1. The number of nitrogens with zero attached hydrogens (tertiary/aromatic N) is 4. The second-order valence-corrected chi connectivity index (χ2v) is 7.21. The molecular weight excluding hydrogens is 326 g/mol. The van der Waals surface area contributed by atoms with E-state index in [1.54, 1.807) is 18.6 Å². The Labute approximate surface area is 153 Å². The molecule has 0 aliphatic heterocycles. The Hall–Kier alpha value is -2.76. The highest BCUT2D eigenvalue weighted by molar-refractivity contribution is 5.96. The van der Waals surface area contributed by atoms with E-state index >= 15 is 0 Å². The summed E-state index contributed by atoms with van der Waals surface area (Å²) in [5.41, 5.74) is 4.03. The summed E-state index contributed by atoms with van der Waals surface area (Å²) in [6, 6.07) is 7.70. The van der Waals surface area contributed by atoms with Crippen molar-refractivity contribution in [3.8, 4) is 0 Å². The van der Waals surface area contributed by atoms with Gasteiger partial charge in [-0.05, 0) is 38.0 Å². The molecular formula is C20H25N5O. The van der Waals surface area contributed by atoms with E-state index in [1.165, 1.54) is 0 Å². The molecule has 0 aliphatic rings. The van der Waals surface area contributed by atoms with E-state index in [0.29, 0.717) is 17.9 Å². The molecule has 3 heterocycles. The minimum Gasteiger partial charge on any atom is -0.349 e. The molecule has 0 saturated carbocycles. The zero-order valence-corrected chi connectivity index (χ0v) is 15.7. The minimum atomic E-state index is -0.141. The maximum absolute atomic E-state index is 12.5. The number of amides is 1. The van der Waals surface area contributed by atoms with Crippen LogP contribution in [0.2, 0.25) is 0 Å². The summed E-state index contributed by atoms with van der Waals surface area (Å²) in [5, 5.41) is 3.01. The number of carbonyl (C=O) groups is 1. The molecule has 26 heavy (non-hydrogen) atoms. The fraction of sp³-hybridized carbons (Fsp3) is 0.400. The summed E-state index contributed by atoms with van der Waals surface area (Å²) < 4.78 is 2.02. The van der Waals surface area contributed by atoms with Crippen LogP contribution in [0.4, 0.5) is 0 Å². The van der Waals surface area contributed by atoms with Crippen LogP contribution in [0, 0.1) is 12.8 Å². The maximum Gasteiger partial charge on any atom is 0.253 e. The summed E-state index contributed by atoms with van der Waals surface area (Å²) in [6.45, 7) is 9.10. The van der Waals surface area contributed by atoms with Gasteiger partial charge in [0.25, 0.3) is 5.91 Å². The molecule has 1 amide bonds. The van der Waals surface area contributed by atoms with E-state index < -0.39 is 0 Å². The Morgan fingerprint density at radius 2 is 2.04 bits per heavy atom. The van der Waals surface area contributed by atoms with Gasteiger partial charge >= 0.3 is 0 Å². The summed E-state index contributed by atoms with van der Waals surface area (Å²) >= 11 is 0. The summed E-state index contributed by atoms with van der Waals surface area (Å²) in [5.74, 6) is 0.367. The smallest absolute Gasteiger partial charge is 0.253 e. The highest BCUT2D eigenvalue weighted by Crippen LogP contribution is 2.14. The number of pyridine rings is 2. The Morgan fingerprint density at radius 3 is 2.77 bits per heavy atom. The molecule has 6 heteroatoms. The van der Waals surface area contributed by atoms with Gasteiger partial charge in [-0.1, -0.05) is 19.9 Å². The minimum absolute atomic E-state index is 0.0222. The van der Waals surface area contributed by atoms with E-state index in [0.717, 1.165) is 29.1 Å². The summed E-state index contributed by atoms with van der Waals surface area (Å²) in [7, 11) is 0. The van der Waals surface area contributed by atoms with Crippen LogP contribution in [0.3, 0.4) is 0 Å². The van der Waals surface area contributed by atoms with Gasteiger partial charge in [-0.2, -0.15) is 0 Å². The third kappa shape index (κ3) is 4.25. The van der Waals surface area contributed by atoms with Crippen LogP contribution in [0.1, 0.15) is 42.5 Å². The van der Waals surface area contributed by atoms with Gasteiger partial charge in [-0.15, -0.1) is 0 Å². The number of nitrogens with one attached hydrogen (secondary N) is 1. The van der Waals surface area contributed by atoms with Gasteiger partial charge in [0.05, 0.1) is 11.9 Å². The fourth-order valence-corrected chi connectivity index (χ4v) is 2.99. The van der Waals surface area contributed by atoms with E-state index in [1.807, 2.05) is 36.6 Å². The van der Waals surface area contributed by atoms with Crippen LogP contribution in [0.5, 0.6) is 0 Å². The van der Waals surface area contributed by atoms with Crippen molar-refractivity contribution in [3.05, 3.63) is 53.7 Å². The van der Waals surface area contributed by atoms with E-state index in [2.05, 4.69) is 34.1 Å². The second-order valence-electron chi connectivity index (χ2n) is 7.21. The molecule has 1 atom stereocenters. The lowest BCUT2D eigenvalue weighted by atomic mass is 10.1. The van der Waals surface area contributed by atoms with E-state index in [-0.39, 0.29) is 11.9 Å². The molecule has 1 unspecified atom stereocenters. The lowest BCUT2D eigenvalue weighted by Crippen LogP contribution is -2.34.